The molecule has 9 heteroatoms. The third-order valence-electron chi connectivity index (χ3n) is 7.21. The number of nitrogens with one attached hydrogen (secondary N) is 1. The molecular formula is C26H28N2O6S. The summed E-state index contributed by atoms with van der Waals surface area (Å²) in [5, 5.41) is 3.43. The SMILES string of the molecule is COC(=O)[C@]1(CCSC)N[C@H](c2ccccc2C)[C@@H]2C(=O)N(c3ccc4c(c3)OCCO4)C(=O)[C@H]21. The third kappa shape index (κ3) is 3.68. The molecule has 8 nitrogen and oxygen atoms in total. The number of ether oxygens (including phenoxy) is 3. The van der Waals surface area contributed by atoms with Crippen molar-refractivity contribution in [3.63, 3.8) is 0 Å². The van der Waals surface area contributed by atoms with Crippen molar-refractivity contribution in [3.05, 3.63) is 53.6 Å². The summed E-state index contributed by atoms with van der Waals surface area (Å²) in [5.74, 6) is -1.24. The molecule has 35 heavy (non-hydrogen) atoms. The third-order valence-corrected chi connectivity index (χ3v) is 7.82. The number of aryl methyl sites for hydroxylation is 1. The van der Waals surface area contributed by atoms with Gasteiger partial charge in [0.15, 0.2) is 11.5 Å². The molecular weight excluding hydrogens is 468 g/mol. The highest BCUT2D eigenvalue weighted by Crippen LogP contribution is 2.52. The Hall–Kier alpha value is -3.04. The van der Waals surface area contributed by atoms with Crippen LogP contribution in [0.5, 0.6) is 11.5 Å². The molecule has 5 rings (SSSR count). The Kier molecular flexibility index (Phi) is 6.23. The van der Waals surface area contributed by atoms with E-state index in [1.165, 1.54) is 12.0 Å². The van der Waals surface area contributed by atoms with E-state index >= 15 is 0 Å². The number of hydrogen-bond donors (Lipinski definition) is 1. The first kappa shape index (κ1) is 23.7. The number of carbonyl (C=O) groups excluding carboxylic acids is 3. The molecule has 0 bridgehead atoms. The number of methoxy groups -OCH3 is 1. The van der Waals surface area contributed by atoms with E-state index in [1.807, 2.05) is 37.4 Å². The molecule has 2 saturated heterocycles. The fraction of sp³-hybridized carbons (Fsp3) is 0.423. The molecule has 0 aliphatic carbocycles. The first-order valence-corrected chi connectivity index (χ1v) is 13.0. The van der Waals surface area contributed by atoms with E-state index in [0.29, 0.717) is 42.6 Å². The maximum atomic E-state index is 14.0. The number of fused-ring (bicyclic) bond motifs is 2. The summed E-state index contributed by atoms with van der Waals surface area (Å²) in [7, 11) is 1.32. The van der Waals surface area contributed by atoms with Crippen LogP contribution in [0, 0.1) is 18.8 Å². The summed E-state index contributed by atoms with van der Waals surface area (Å²) >= 11 is 1.58. The first-order valence-electron chi connectivity index (χ1n) is 11.6. The Morgan fingerprint density at radius 1 is 1.14 bits per heavy atom. The number of esters is 1. The van der Waals surface area contributed by atoms with Gasteiger partial charge in [0.1, 0.15) is 18.8 Å². The number of rotatable bonds is 6. The average Bonchev–Trinajstić information content (AvgIpc) is 3.36. The predicted molar refractivity (Wildman–Crippen MR) is 132 cm³/mol. The highest BCUT2D eigenvalue weighted by atomic mass is 32.2. The standard InChI is InChI=1S/C26H28N2O6S/c1-15-6-4-5-7-17(15)22-20-21(26(27-22,10-13-35-3)25(31)32-2)24(30)28(23(20)29)16-8-9-18-19(14-16)34-12-11-33-18/h4-9,14,20-22,27H,10-13H2,1-3H3/t20-,21+,22-,26-/m1/s1. The second kappa shape index (κ2) is 9.20. The molecule has 0 aromatic heterocycles. The lowest BCUT2D eigenvalue weighted by molar-refractivity contribution is -0.152. The fourth-order valence-corrected chi connectivity index (χ4v) is 6.12. The summed E-state index contributed by atoms with van der Waals surface area (Å²) < 4.78 is 16.5. The van der Waals surface area contributed by atoms with Crippen LogP contribution in [0.2, 0.25) is 0 Å². The molecule has 0 spiro atoms. The van der Waals surface area contributed by atoms with Gasteiger partial charge in [-0.1, -0.05) is 24.3 Å². The normalized spacial score (nSPS) is 27.2. The molecule has 2 amide bonds. The minimum Gasteiger partial charge on any atom is -0.486 e. The zero-order valence-corrected chi connectivity index (χ0v) is 20.7. The van der Waals surface area contributed by atoms with Crippen LogP contribution in [0.15, 0.2) is 42.5 Å². The van der Waals surface area contributed by atoms with Crippen molar-refractivity contribution in [2.45, 2.75) is 24.9 Å². The number of carbonyl (C=O) groups is 3. The monoisotopic (exact) mass is 496 g/mol. The van der Waals surface area contributed by atoms with Crippen LogP contribution in [0.25, 0.3) is 0 Å². The quantitative estimate of drug-likeness (QED) is 0.482. The smallest absolute Gasteiger partial charge is 0.326 e. The van der Waals surface area contributed by atoms with Gasteiger partial charge < -0.3 is 14.2 Å². The summed E-state index contributed by atoms with van der Waals surface area (Å²) in [4.78, 5) is 42.5. The molecule has 1 N–H and O–H groups in total. The molecule has 0 unspecified atom stereocenters. The van der Waals surface area contributed by atoms with Gasteiger partial charge in [-0.3, -0.25) is 19.7 Å². The van der Waals surface area contributed by atoms with Crippen LogP contribution in [0.4, 0.5) is 5.69 Å². The van der Waals surface area contributed by atoms with Crippen LogP contribution in [0.1, 0.15) is 23.6 Å². The summed E-state index contributed by atoms with van der Waals surface area (Å²) in [6.07, 6.45) is 2.30. The molecule has 2 aromatic carbocycles. The number of thioether (sulfide) groups is 1. The van der Waals surface area contributed by atoms with Gasteiger partial charge in [0.05, 0.1) is 24.6 Å². The van der Waals surface area contributed by atoms with Crippen LogP contribution < -0.4 is 19.7 Å². The second-order valence-corrected chi connectivity index (χ2v) is 10.0. The van der Waals surface area contributed by atoms with Gasteiger partial charge in [-0.05, 0) is 48.6 Å². The van der Waals surface area contributed by atoms with Crippen LogP contribution in [-0.2, 0) is 19.1 Å². The zero-order chi connectivity index (χ0) is 24.7. The van der Waals surface area contributed by atoms with Crippen LogP contribution >= 0.6 is 11.8 Å². The molecule has 3 heterocycles. The topological polar surface area (TPSA) is 94.2 Å². The van der Waals surface area contributed by atoms with E-state index < -0.39 is 35.3 Å². The molecule has 0 saturated carbocycles. The van der Waals surface area contributed by atoms with Gasteiger partial charge in [-0.2, -0.15) is 11.8 Å². The highest BCUT2D eigenvalue weighted by molar-refractivity contribution is 7.98. The molecule has 2 aromatic rings. The minimum atomic E-state index is -1.31. The van der Waals surface area contributed by atoms with Gasteiger partial charge in [0.25, 0.3) is 0 Å². The van der Waals surface area contributed by atoms with E-state index in [-0.39, 0.29) is 5.91 Å². The van der Waals surface area contributed by atoms with Crippen molar-refractivity contribution in [1.29, 1.82) is 0 Å². The Bertz CT molecular complexity index is 1190. The van der Waals surface area contributed by atoms with E-state index in [0.717, 1.165) is 11.1 Å². The second-order valence-electron chi connectivity index (χ2n) is 9.03. The first-order chi connectivity index (χ1) is 16.9. The van der Waals surface area contributed by atoms with E-state index in [1.54, 1.807) is 30.0 Å². The number of imide groups is 1. The van der Waals surface area contributed by atoms with Crippen molar-refractivity contribution in [2.24, 2.45) is 11.8 Å². The fourth-order valence-electron chi connectivity index (χ4n) is 5.60. The Morgan fingerprint density at radius 2 is 1.89 bits per heavy atom. The number of amides is 2. The van der Waals surface area contributed by atoms with Gasteiger partial charge >= 0.3 is 5.97 Å². The molecule has 184 valence electrons. The van der Waals surface area contributed by atoms with E-state index in [9.17, 15) is 14.4 Å². The van der Waals surface area contributed by atoms with Crippen molar-refractivity contribution in [3.8, 4) is 11.5 Å². The van der Waals surface area contributed by atoms with Crippen molar-refractivity contribution >= 4 is 35.2 Å². The molecule has 3 aliphatic rings. The van der Waals surface area contributed by atoms with Crippen LogP contribution in [0.3, 0.4) is 0 Å². The lowest BCUT2D eigenvalue weighted by Gasteiger charge is -2.32. The average molecular weight is 497 g/mol. The molecule has 0 radical (unpaired) electrons. The number of benzene rings is 2. The Labute approximate surface area is 208 Å². The maximum Gasteiger partial charge on any atom is 0.326 e. The largest absolute Gasteiger partial charge is 0.486 e. The van der Waals surface area contributed by atoms with Crippen molar-refractivity contribution in [2.75, 3.05) is 37.2 Å². The lowest BCUT2D eigenvalue weighted by atomic mass is 9.77. The van der Waals surface area contributed by atoms with Crippen molar-refractivity contribution in [1.82, 2.24) is 5.32 Å². The van der Waals surface area contributed by atoms with Gasteiger partial charge in [0, 0.05) is 12.1 Å². The Balaban J connectivity index is 1.63. The number of anilines is 1. The number of hydrogen-bond acceptors (Lipinski definition) is 8. The zero-order valence-electron chi connectivity index (χ0n) is 19.9. The number of nitrogens with zero attached hydrogens (tertiary/aromatic N) is 1. The van der Waals surface area contributed by atoms with E-state index in [4.69, 9.17) is 14.2 Å². The van der Waals surface area contributed by atoms with Crippen molar-refractivity contribution < 1.29 is 28.6 Å². The molecule has 4 atom stereocenters. The summed E-state index contributed by atoms with van der Waals surface area (Å²) in [6.45, 7) is 2.80. The van der Waals surface area contributed by atoms with Gasteiger partial charge in [-0.25, -0.2) is 4.90 Å². The maximum absolute atomic E-state index is 14.0. The predicted octanol–water partition coefficient (Wildman–Crippen LogP) is 2.88. The van der Waals surface area contributed by atoms with Gasteiger partial charge in [0.2, 0.25) is 11.8 Å². The molecule has 3 aliphatic heterocycles. The molecule has 2 fully saturated rings. The summed E-state index contributed by atoms with van der Waals surface area (Å²) in [6, 6.07) is 12.3. The minimum absolute atomic E-state index is 0.340. The van der Waals surface area contributed by atoms with E-state index in [2.05, 4.69) is 5.32 Å². The Morgan fingerprint density at radius 3 is 2.60 bits per heavy atom. The summed E-state index contributed by atoms with van der Waals surface area (Å²) in [5.41, 5.74) is 0.964. The van der Waals surface area contributed by atoms with Crippen LogP contribution in [-0.4, -0.2) is 55.7 Å². The highest BCUT2D eigenvalue weighted by Gasteiger charge is 2.68. The van der Waals surface area contributed by atoms with Gasteiger partial charge in [-0.15, -0.1) is 0 Å². The lowest BCUT2D eigenvalue weighted by Crippen LogP contribution is -2.56.